The first-order chi connectivity index (χ1) is 8.74. The van der Waals surface area contributed by atoms with Crippen LogP contribution in [0.4, 0.5) is 0 Å². The fourth-order valence-corrected chi connectivity index (χ4v) is 2.65. The molecule has 0 aromatic heterocycles. The number of likely N-dealkylation sites (tertiary alicyclic amines) is 1. The molecule has 2 heterocycles. The summed E-state index contributed by atoms with van der Waals surface area (Å²) in [6.45, 7) is 7.73. The van der Waals surface area contributed by atoms with Crippen LogP contribution in [0.1, 0.15) is 12.8 Å². The van der Waals surface area contributed by atoms with Gasteiger partial charge in [-0.1, -0.05) is 0 Å². The Hall–Kier alpha value is -0.650. The lowest BCUT2D eigenvalue weighted by Crippen LogP contribution is -2.48. The fraction of sp³-hybridized carbons (Fsp3) is 0.923. The van der Waals surface area contributed by atoms with Crippen LogP contribution in [-0.4, -0.2) is 75.1 Å². The van der Waals surface area contributed by atoms with E-state index in [1.807, 2.05) is 0 Å². The zero-order chi connectivity index (χ0) is 12.8. The van der Waals surface area contributed by atoms with Gasteiger partial charge in [0.1, 0.15) is 0 Å². The molecule has 0 radical (unpaired) electrons. The number of hydrogen-bond acceptors (Lipinski definition) is 4. The number of nitrogens with zero attached hydrogens (tertiary/aromatic N) is 2. The van der Waals surface area contributed by atoms with Crippen LogP contribution in [0.15, 0.2) is 0 Å². The highest BCUT2D eigenvalue weighted by molar-refractivity contribution is 5.78. The van der Waals surface area contributed by atoms with Crippen molar-refractivity contribution >= 4 is 5.91 Å². The van der Waals surface area contributed by atoms with Gasteiger partial charge in [0.15, 0.2) is 0 Å². The van der Waals surface area contributed by atoms with Gasteiger partial charge in [0.05, 0.1) is 6.54 Å². The van der Waals surface area contributed by atoms with Crippen molar-refractivity contribution in [3.63, 3.8) is 0 Å². The average molecular weight is 254 g/mol. The summed E-state index contributed by atoms with van der Waals surface area (Å²) in [5.41, 5.74) is 0. The highest BCUT2D eigenvalue weighted by Crippen LogP contribution is 2.14. The zero-order valence-electron chi connectivity index (χ0n) is 11.5. The Morgan fingerprint density at radius 1 is 1.22 bits per heavy atom. The van der Waals surface area contributed by atoms with Crippen LogP contribution in [0, 0.1) is 5.92 Å². The second-order valence-electron chi connectivity index (χ2n) is 5.58. The molecular weight excluding hydrogens is 228 g/mol. The first-order valence-electron chi connectivity index (χ1n) is 7.12. The van der Waals surface area contributed by atoms with Crippen LogP contribution in [-0.2, 0) is 4.79 Å². The first kappa shape index (κ1) is 13.8. The molecule has 2 N–H and O–H groups in total. The topological polar surface area (TPSA) is 47.6 Å². The molecule has 2 rings (SSSR count). The van der Waals surface area contributed by atoms with Gasteiger partial charge in [0.2, 0.25) is 5.91 Å². The number of nitrogens with one attached hydrogen (secondary N) is 2. The summed E-state index contributed by atoms with van der Waals surface area (Å²) in [4.78, 5) is 16.4. The summed E-state index contributed by atoms with van der Waals surface area (Å²) < 4.78 is 0. The van der Waals surface area contributed by atoms with E-state index >= 15 is 0 Å². The monoisotopic (exact) mass is 254 g/mol. The second-order valence-corrected chi connectivity index (χ2v) is 5.58. The van der Waals surface area contributed by atoms with Gasteiger partial charge in [-0.3, -0.25) is 9.69 Å². The van der Waals surface area contributed by atoms with Gasteiger partial charge in [0, 0.05) is 32.7 Å². The highest BCUT2D eigenvalue weighted by Gasteiger charge is 2.18. The molecule has 2 aliphatic rings. The van der Waals surface area contributed by atoms with Gasteiger partial charge in [-0.25, -0.2) is 0 Å². The van der Waals surface area contributed by atoms with Gasteiger partial charge in [-0.05, 0) is 38.9 Å². The van der Waals surface area contributed by atoms with Crippen molar-refractivity contribution in [1.29, 1.82) is 0 Å². The molecular formula is C13H26N4O. The van der Waals surface area contributed by atoms with E-state index in [1.165, 1.54) is 25.9 Å². The lowest BCUT2D eigenvalue weighted by atomic mass is 9.97. The number of piperazine rings is 1. The first-order valence-corrected chi connectivity index (χ1v) is 7.12. The summed E-state index contributed by atoms with van der Waals surface area (Å²) in [5, 5.41) is 6.39. The summed E-state index contributed by atoms with van der Waals surface area (Å²) >= 11 is 0. The number of piperidine rings is 1. The smallest absolute Gasteiger partial charge is 0.234 e. The minimum atomic E-state index is 0.191. The van der Waals surface area contributed by atoms with E-state index in [0.717, 1.165) is 32.7 Å². The Morgan fingerprint density at radius 2 is 1.89 bits per heavy atom. The largest absolute Gasteiger partial charge is 0.355 e. The van der Waals surface area contributed by atoms with E-state index in [2.05, 4.69) is 27.5 Å². The maximum atomic E-state index is 11.8. The highest BCUT2D eigenvalue weighted by atomic mass is 16.2. The van der Waals surface area contributed by atoms with E-state index in [4.69, 9.17) is 0 Å². The van der Waals surface area contributed by atoms with Crippen LogP contribution >= 0.6 is 0 Å². The van der Waals surface area contributed by atoms with Crippen LogP contribution in [0.5, 0.6) is 0 Å². The molecule has 2 aliphatic heterocycles. The summed E-state index contributed by atoms with van der Waals surface area (Å²) in [6.07, 6.45) is 2.43. The minimum Gasteiger partial charge on any atom is -0.355 e. The van der Waals surface area contributed by atoms with E-state index in [0.29, 0.717) is 12.5 Å². The maximum absolute atomic E-state index is 11.8. The molecule has 5 heteroatoms. The molecule has 0 aromatic carbocycles. The van der Waals surface area contributed by atoms with Crippen molar-refractivity contribution in [2.24, 2.45) is 5.92 Å². The predicted molar refractivity (Wildman–Crippen MR) is 72.5 cm³/mol. The lowest BCUT2D eigenvalue weighted by molar-refractivity contribution is -0.122. The minimum absolute atomic E-state index is 0.191. The Kier molecular flexibility index (Phi) is 5.41. The second kappa shape index (κ2) is 7.07. The van der Waals surface area contributed by atoms with Gasteiger partial charge in [-0.2, -0.15) is 0 Å². The summed E-state index contributed by atoms with van der Waals surface area (Å²) in [7, 11) is 2.17. The Balaban J connectivity index is 1.59. The number of rotatable bonds is 4. The molecule has 0 aromatic rings. The molecule has 0 unspecified atom stereocenters. The number of amides is 1. The Labute approximate surface area is 110 Å². The predicted octanol–water partition coefficient (Wildman–Crippen LogP) is -0.650. The Morgan fingerprint density at radius 3 is 2.56 bits per heavy atom. The molecule has 0 bridgehead atoms. The van der Waals surface area contributed by atoms with Crippen LogP contribution in [0.2, 0.25) is 0 Å². The normalized spacial score (nSPS) is 24.1. The third-order valence-corrected chi connectivity index (χ3v) is 4.00. The SMILES string of the molecule is CN1CCC(CNC(=O)CN2CCNCC2)CC1. The summed E-state index contributed by atoms with van der Waals surface area (Å²) in [5.74, 6) is 0.865. The molecule has 0 aliphatic carbocycles. The van der Waals surface area contributed by atoms with Crippen LogP contribution < -0.4 is 10.6 Å². The van der Waals surface area contributed by atoms with Crippen molar-refractivity contribution < 1.29 is 4.79 Å². The van der Waals surface area contributed by atoms with Gasteiger partial charge >= 0.3 is 0 Å². The molecule has 5 nitrogen and oxygen atoms in total. The quantitative estimate of drug-likeness (QED) is 0.700. The molecule has 1 amide bonds. The van der Waals surface area contributed by atoms with E-state index in [-0.39, 0.29) is 5.91 Å². The van der Waals surface area contributed by atoms with Gasteiger partial charge < -0.3 is 15.5 Å². The van der Waals surface area contributed by atoms with Crippen LogP contribution in [0.3, 0.4) is 0 Å². The molecule has 0 spiro atoms. The van der Waals surface area contributed by atoms with Crippen molar-refractivity contribution in [2.75, 3.05) is 59.4 Å². The average Bonchev–Trinajstić information content (AvgIpc) is 2.39. The molecule has 2 fully saturated rings. The number of carbonyl (C=O) groups excluding carboxylic acids is 1. The third kappa shape index (κ3) is 4.55. The molecule has 0 atom stereocenters. The number of carbonyl (C=O) groups is 1. The van der Waals surface area contributed by atoms with Crippen molar-refractivity contribution in [2.45, 2.75) is 12.8 Å². The van der Waals surface area contributed by atoms with Crippen molar-refractivity contribution in [3.05, 3.63) is 0 Å². The molecule has 0 saturated carbocycles. The number of hydrogen-bond donors (Lipinski definition) is 2. The van der Waals surface area contributed by atoms with E-state index < -0.39 is 0 Å². The maximum Gasteiger partial charge on any atom is 0.234 e. The van der Waals surface area contributed by atoms with E-state index in [1.54, 1.807) is 0 Å². The third-order valence-electron chi connectivity index (χ3n) is 4.00. The molecule has 104 valence electrons. The summed E-state index contributed by atoms with van der Waals surface area (Å²) in [6, 6.07) is 0. The van der Waals surface area contributed by atoms with Crippen molar-refractivity contribution in [3.8, 4) is 0 Å². The fourth-order valence-electron chi connectivity index (χ4n) is 2.65. The van der Waals surface area contributed by atoms with Crippen molar-refractivity contribution in [1.82, 2.24) is 20.4 Å². The lowest BCUT2D eigenvalue weighted by Gasteiger charge is -2.30. The van der Waals surface area contributed by atoms with Gasteiger partial charge in [0.25, 0.3) is 0 Å². The standard InChI is InChI=1S/C13H26N4O/c1-16-6-2-12(3-7-16)10-15-13(18)11-17-8-4-14-5-9-17/h12,14H,2-11H2,1H3,(H,15,18). The molecule has 18 heavy (non-hydrogen) atoms. The Bertz CT molecular complexity index is 258. The van der Waals surface area contributed by atoms with E-state index in [9.17, 15) is 4.79 Å². The zero-order valence-corrected chi connectivity index (χ0v) is 11.5. The molecule has 2 saturated heterocycles. The van der Waals surface area contributed by atoms with Crippen LogP contribution in [0.25, 0.3) is 0 Å². The van der Waals surface area contributed by atoms with Gasteiger partial charge in [-0.15, -0.1) is 0 Å².